The van der Waals surface area contributed by atoms with Crippen molar-refractivity contribution in [2.24, 2.45) is 17.3 Å². The summed E-state index contributed by atoms with van der Waals surface area (Å²) in [7, 11) is 3.75. The van der Waals surface area contributed by atoms with Crippen LogP contribution in [0.5, 0.6) is 0 Å². The second kappa shape index (κ2) is 6.35. The number of hydrogen-bond donors (Lipinski definition) is 0. The first-order valence-electron chi connectivity index (χ1n) is 6.81. The molecule has 1 rings (SSSR count). The van der Waals surface area contributed by atoms with Gasteiger partial charge in [-0.3, -0.25) is 14.4 Å². The van der Waals surface area contributed by atoms with Crippen molar-refractivity contribution in [2.45, 2.75) is 27.2 Å². The van der Waals surface area contributed by atoms with E-state index in [0.717, 1.165) is 0 Å². The summed E-state index contributed by atoms with van der Waals surface area (Å²) in [5.41, 5.74) is -1.03. The van der Waals surface area contributed by atoms with Crippen LogP contribution in [0.4, 0.5) is 0 Å². The molecule has 0 saturated carbocycles. The minimum atomic E-state index is -1.03. The Bertz CT molecular complexity index is 406. The highest BCUT2D eigenvalue weighted by Gasteiger charge is 2.55. The van der Waals surface area contributed by atoms with Crippen LogP contribution in [0.1, 0.15) is 27.2 Å². The maximum atomic E-state index is 12.3. The highest BCUT2D eigenvalue weighted by molar-refractivity contribution is 5.99. The zero-order valence-electron chi connectivity index (χ0n) is 12.8. The van der Waals surface area contributed by atoms with Gasteiger partial charge in [-0.2, -0.15) is 0 Å². The quantitative estimate of drug-likeness (QED) is 0.532. The molecule has 1 fully saturated rings. The summed E-state index contributed by atoms with van der Waals surface area (Å²) in [5, 5.41) is 0. The number of carbonyl (C=O) groups is 3. The molecular formula is C14H23NO5. The summed E-state index contributed by atoms with van der Waals surface area (Å²) in [5.74, 6) is -3.04. The average Bonchev–Trinajstić information content (AvgIpc) is 2.62. The fraction of sp³-hybridized carbons (Fsp3) is 0.786. The van der Waals surface area contributed by atoms with E-state index in [1.165, 1.54) is 0 Å². The lowest BCUT2D eigenvalue weighted by Gasteiger charge is -2.31. The second-order valence-electron chi connectivity index (χ2n) is 5.72. The number of rotatable bonds is 6. The normalized spacial score (nSPS) is 25.5. The minimum Gasteiger partial charge on any atom is -0.464 e. The van der Waals surface area contributed by atoms with Gasteiger partial charge in [0.25, 0.3) is 0 Å². The zero-order valence-corrected chi connectivity index (χ0v) is 12.8. The van der Waals surface area contributed by atoms with E-state index < -0.39 is 35.2 Å². The molecule has 3 atom stereocenters. The Kier molecular flexibility index (Phi) is 5.28. The van der Waals surface area contributed by atoms with E-state index in [-0.39, 0.29) is 6.61 Å². The van der Waals surface area contributed by atoms with Crippen LogP contribution in [0.25, 0.3) is 0 Å². The first-order chi connectivity index (χ1) is 9.24. The van der Waals surface area contributed by atoms with Gasteiger partial charge in [-0.25, -0.2) is 0 Å². The van der Waals surface area contributed by atoms with E-state index >= 15 is 0 Å². The maximum Gasteiger partial charge on any atom is 0.318 e. The third-order valence-corrected chi connectivity index (χ3v) is 3.99. The van der Waals surface area contributed by atoms with Gasteiger partial charge >= 0.3 is 17.9 Å². The molecule has 0 bridgehead atoms. The Balaban J connectivity index is 2.82. The highest BCUT2D eigenvalue weighted by Crippen LogP contribution is 2.42. The van der Waals surface area contributed by atoms with Crippen LogP contribution in [0.3, 0.4) is 0 Å². The predicted octanol–water partition coefficient (Wildman–Crippen LogP) is 0.843. The summed E-state index contributed by atoms with van der Waals surface area (Å²) in [6.45, 7) is 5.93. The topological polar surface area (TPSA) is 72.9 Å². The fourth-order valence-corrected chi connectivity index (χ4v) is 2.38. The third-order valence-electron chi connectivity index (χ3n) is 3.99. The van der Waals surface area contributed by atoms with Crippen molar-refractivity contribution in [3.8, 4) is 0 Å². The van der Waals surface area contributed by atoms with E-state index in [0.29, 0.717) is 13.0 Å². The van der Waals surface area contributed by atoms with Gasteiger partial charge < -0.3 is 14.4 Å². The second-order valence-corrected chi connectivity index (χ2v) is 5.72. The van der Waals surface area contributed by atoms with Crippen molar-refractivity contribution < 1.29 is 23.9 Å². The van der Waals surface area contributed by atoms with Gasteiger partial charge in [0.05, 0.1) is 17.3 Å². The van der Waals surface area contributed by atoms with Crippen molar-refractivity contribution >= 4 is 17.9 Å². The van der Waals surface area contributed by atoms with Gasteiger partial charge in [-0.05, 0) is 27.4 Å². The molecular weight excluding hydrogens is 262 g/mol. The highest BCUT2D eigenvalue weighted by atomic mass is 16.6. The fourth-order valence-electron chi connectivity index (χ4n) is 2.38. The number of nitrogens with zero attached hydrogens (tertiary/aromatic N) is 1. The van der Waals surface area contributed by atoms with Crippen molar-refractivity contribution in [3.05, 3.63) is 0 Å². The van der Waals surface area contributed by atoms with E-state index in [4.69, 9.17) is 4.74 Å². The lowest BCUT2D eigenvalue weighted by atomic mass is 9.70. The molecule has 1 saturated heterocycles. The van der Waals surface area contributed by atoms with Crippen LogP contribution < -0.4 is 0 Å². The van der Waals surface area contributed by atoms with Crippen molar-refractivity contribution in [2.75, 3.05) is 27.2 Å². The van der Waals surface area contributed by atoms with Crippen molar-refractivity contribution in [3.63, 3.8) is 0 Å². The Hall–Kier alpha value is -1.43. The molecule has 6 nitrogen and oxygen atoms in total. The number of esters is 3. The molecule has 1 aliphatic rings. The lowest BCUT2D eigenvalue weighted by Crippen LogP contribution is -2.42. The van der Waals surface area contributed by atoms with Gasteiger partial charge in [-0.15, -0.1) is 0 Å². The Morgan fingerprint density at radius 3 is 2.35 bits per heavy atom. The third kappa shape index (κ3) is 3.17. The molecule has 0 N–H and O–H groups in total. The molecule has 0 radical (unpaired) electrons. The summed E-state index contributed by atoms with van der Waals surface area (Å²) >= 11 is 0. The smallest absolute Gasteiger partial charge is 0.318 e. The first-order valence-corrected chi connectivity index (χ1v) is 6.81. The lowest BCUT2D eigenvalue weighted by molar-refractivity contribution is -0.165. The van der Waals surface area contributed by atoms with Crippen molar-refractivity contribution in [1.29, 1.82) is 0 Å². The van der Waals surface area contributed by atoms with Crippen LogP contribution in [0.2, 0.25) is 0 Å². The van der Waals surface area contributed by atoms with E-state index in [9.17, 15) is 14.4 Å². The van der Waals surface area contributed by atoms with Crippen molar-refractivity contribution in [1.82, 2.24) is 4.90 Å². The Morgan fingerprint density at radius 1 is 1.35 bits per heavy atom. The van der Waals surface area contributed by atoms with Crippen LogP contribution >= 0.6 is 0 Å². The largest absolute Gasteiger partial charge is 0.464 e. The molecule has 0 amide bonds. The van der Waals surface area contributed by atoms with E-state index in [1.807, 2.05) is 19.0 Å². The number of carbonyl (C=O) groups excluding carboxylic acids is 3. The van der Waals surface area contributed by atoms with Gasteiger partial charge in [0.2, 0.25) is 0 Å². The Labute approximate surface area is 119 Å². The summed E-state index contributed by atoms with van der Waals surface area (Å²) in [6.07, 6.45) is 0.408. The van der Waals surface area contributed by atoms with Gasteiger partial charge in [-0.1, -0.05) is 13.8 Å². The predicted molar refractivity (Wildman–Crippen MR) is 71.7 cm³/mol. The first kappa shape index (κ1) is 16.6. The standard InChI is InChI=1S/C14H23NO5/c1-6-14(3,13(18)19-8-7-15(4)5)10-9(2)11(16)20-12(10)17/h9-10H,6-8H2,1-5H3. The molecule has 0 aromatic rings. The van der Waals surface area contributed by atoms with Gasteiger partial charge in [0.1, 0.15) is 6.61 Å². The molecule has 114 valence electrons. The molecule has 0 aliphatic carbocycles. The number of cyclic esters (lactones) is 2. The van der Waals surface area contributed by atoms with E-state index in [2.05, 4.69) is 4.74 Å². The molecule has 1 aliphatic heterocycles. The van der Waals surface area contributed by atoms with Crippen LogP contribution in [0.15, 0.2) is 0 Å². The SMILES string of the molecule is CCC(C)(C(=O)OCCN(C)C)C1C(=O)OC(=O)C1C. The van der Waals surface area contributed by atoms with Crippen LogP contribution in [0, 0.1) is 17.3 Å². The number of likely N-dealkylation sites (N-methyl/N-ethyl adjacent to an activating group) is 1. The van der Waals surface area contributed by atoms with Gasteiger partial charge in [0.15, 0.2) is 0 Å². The van der Waals surface area contributed by atoms with E-state index in [1.54, 1.807) is 20.8 Å². The van der Waals surface area contributed by atoms with Crippen LogP contribution in [-0.4, -0.2) is 50.1 Å². The maximum absolute atomic E-state index is 12.3. The monoisotopic (exact) mass is 285 g/mol. The minimum absolute atomic E-state index is 0.255. The summed E-state index contributed by atoms with van der Waals surface area (Å²) in [6, 6.07) is 0. The number of ether oxygens (including phenoxy) is 2. The average molecular weight is 285 g/mol. The molecule has 0 spiro atoms. The van der Waals surface area contributed by atoms with Crippen LogP contribution in [-0.2, 0) is 23.9 Å². The molecule has 6 heteroatoms. The molecule has 1 heterocycles. The molecule has 20 heavy (non-hydrogen) atoms. The number of hydrogen-bond acceptors (Lipinski definition) is 6. The zero-order chi connectivity index (χ0) is 15.5. The Morgan fingerprint density at radius 2 is 1.95 bits per heavy atom. The molecule has 0 aromatic heterocycles. The molecule has 0 aromatic carbocycles. The molecule has 3 unspecified atom stereocenters. The van der Waals surface area contributed by atoms with Gasteiger partial charge in [0, 0.05) is 6.54 Å². The summed E-state index contributed by atoms with van der Waals surface area (Å²) < 4.78 is 9.89. The summed E-state index contributed by atoms with van der Waals surface area (Å²) in [4.78, 5) is 37.5.